The molecule has 24 heavy (non-hydrogen) atoms. The molecular weight excluding hydrogens is 304 g/mol. The molecule has 7 nitrogen and oxygen atoms in total. The Hall–Kier alpha value is -2.57. The van der Waals surface area contributed by atoms with Gasteiger partial charge in [0.05, 0.1) is 11.7 Å². The van der Waals surface area contributed by atoms with Crippen molar-refractivity contribution >= 4 is 11.7 Å². The summed E-state index contributed by atoms with van der Waals surface area (Å²) in [5, 5.41) is 2.85. The first kappa shape index (κ1) is 16.3. The molecule has 7 heteroatoms. The van der Waals surface area contributed by atoms with E-state index in [-0.39, 0.29) is 11.9 Å². The van der Waals surface area contributed by atoms with Crippen molar-refractivity contribution < 1.29 is 4.79 Å². The van der Waals surface area contributed by atoms with Crippen LogP contribution in [0.2, 0.25) is 0 Å². The molecule has 2 aromatic heterocycles. The van der Waals surface area contributed by atoms with E-state index in [4.69, 9.17) is 0 Å². The van der Waals surface area contributed by atoms with Crippen molar-refractivity contribution in [2.75, 3.05) is 11.4 Å². The van der Waals surface area contributed by atoms with Gasteiger partial charge in [-0.05, 0) is 32.8 Å². The predicted octanol–water partition coefficient (Wildman–Crippen LogP) is 1.86. The first-order chi connectivity index (χ1) is 11.5. The quantitative estimate of drug-likeness (QED) is 0.923. The van der Waals surface area contributed by atoms with Crippen LogP contribution in [0, 0.1) is 13.8 Å². The normalized spacial score (nSPS) is 17.1. The van der Waals surface area contributed by atoms with Gasteiger partial charge in [-0.15, -0.1) is 0 Å². The molecule has 0 bridgehead atoms. The summed E-state index contributed by atoms with van der Waals surface area (Å²) >= 11 is 0. The number of hydrogen-bond donors (Lipinski definition) is 1. The zero-order valence-corrected chi connectivity index (χ0v) is 14.3. The Morgan fingerprint density at radius 1 is 1.29 bits per heavy atom. The number of nitrogens with zero attached hydrogens (tertiary/aromatic N) is 5. The van der Waals surface area contributed by atoms with E-state index in [1.165, 1.54) is 6.92 Å². The summed E-state index contributed by atoms with van der Waals surface area (Å²) in [5.41, 5.74) is 1.93. The number of amides is 1. The Bertz CT molecular complexity index is 748. The molecule has 3 rings (SSSR count). The van der Waals surface area contributed by atoms with E-state index >= 15 is 0 Å². The van der Waals surface area contributed by atoms with Crippen molar-refractivity contribution in [3.8, 4) is 0 Å². The second kappa shape index (κ2) is 6.90. The Morgan fingerprint density at radius 2 is 2.08 bits per heavy atom. The topological polar surface area (TPSA) is 83.9 Å². The van der Waals surface area contributed by atoms with Gasteiger partial charge in [0.25, 0.3) is 0 Å². The van der Waals surface area contributed by atoms with Crippen LogP contribution in [0.25, 0.3) is 0 Å². The molecule has 1 aliphatic heterocycles. The highest BCUT2D eigenvalue weighted by molar-refractivity contribution is 5.72. The number of anilines is 1. The van der Waals surface area contributed by atoms with Crippen molar-refractivity contribution in [3.63, 3.8) is 0 Å². The molecule has 1 amide bonds. The maximum Gasteiger partial charge on any atom is 0.217 e. The van der Waals surface area contributed by atoms with Crippen molar-refractivity contribution in [2.45, 2.75) is 46.2 Å². The van der Waals surface area contributed by atoms with Gasteiger partial charge in [0.2, 0.25) is 5.91 Å². The van der Waals surface area contributed by atoms with Gasteiger partial charge in [0, 0.05) is 38.0 Å². The fourth-order valence-corrected chi connectivity index (χ4v) is 3.09. The number of carbonyl (C=O) groups is 1. The van der Waals surface area contributed by atoms with Crippen LogP contribution in [0.15, 0.2) is 18.5 Å². The van der Waals surface area contributed by atoms with Crippen molar-refractivity contribution in [1.29, 1.82) is 0 Å². The summed E-state index contributed by atoms with van der Waals surface area (Å²) in [4.78, 5) is 31.2. The van der Waals surface area contributed by atoms with Gasteiger partial charge in [-0.3, -0.25) is 4.79 Å². The van der Waals surface area contributed by atoms with E-state index < -0.39 is 0 Å². The molecule has 0 aromatic carbocycles. The van der Waals surface area contributed by atoms with Gasteiger partial charge in [-0.1, -0.05) is 0 Å². The van der Waals surface area contributed by atoms with E-state index in [0.717, 1.165) is 48.1 Å². The standard InChI is InChI=1S/C17H22N6O/c1-11-18-7-6-16(21-11)23-8-4-5-15(23)17-14(10-20-13(3)24)9-19-12(2)22-17/h6-7,9,15H,4-5,8,10H2,1-3H3,(H,20,24). The van der Waals surface area contributed by atoms with E-state index in [1.807, 2.05) is 26.1 Å². The van der Waals surface area contributed by atoms with E-state index in [9.17, 15) is 4.79 Å². The summed E-state index contributed by atoms with van der Waals surface area (Å²) in [6, 6.07) is 2.08. The summed E-state index contributed by atoms with van der Waals surface area (Å²) < 4.78 is 0. The van der Waals surface area contributed by atoms with Crippen LogP contribution in [-0.2, 0) is 11.3 Å². The van der Waals surface area contributed by atoms with Crippen LogP contribution in [0.3, 0.4) is 0 Å². The van der Waals surface area contributed by atoms with Crippen LogP contribution in [0.1, 0.15) is 48.7 Å². The molecule has 1 aliphatic rings. The largest absolute Gasteiger partial charge is 0.352 e. The Kier molecular flexibility index (Phi) is 4.69. The molecule has 1 saturated heterocycles. The van der Waals surface area contributed by atoms with Crippen LogP contribution < -0.4 is 10.2 Å². The third-order valence-electron chi connectivity index (χ3n) is 4.17. The molecule has 126 valence electrons. The van der Waals surface area contributed by atoms with Gasteiger partial charge >= 0.3 is 0 Å². The summed E-state index contributed by atoms with van der Waals surface area (Å²) in [6.45, 7) is 6.67. The van der Waals surface area contributed by atoms with Crippen LogP contribution in [0.5, 0.6) is 0 Å². The van der Waals surface area contributed by atoms with Gasteiger partial charge in [0.1, 0.15) is 17.5 Å². The molecule has 1 atom stereocenters. The summed E-state index contributed by atoms with van der Waals surface area (Å²) in [5.74, 6) is 2.36. The Morgan fingerprint density at radius 3 is 2.83 bits per heavy atom. The van der Waals surface area contributed by atoms with Crippen molar-refractivity contribution in [3.05, 3.63) is 41.4 Å². The molecule has 0 spiro atoms. The van der Waals surface area contributed by atoms with Gasteiger partial charge in [0.15, 0.2) is 0 Å². The molecule has 0 radical (unpaired) electrons. The fraction of sp³-hybridized carbons (Fsp3) is 0.471. The van der Waals surface area contributed by atoms with Gasteiger partial charge < -0.3 is 10.2 Å². The first-order valence-electron chi connectivity index (χ1n) is 8.17. The molecule has 1 fully saturated rings. The zero-order chi connectivity index (χ0) is 17.1. The molecule has 1 unspecified atom stereocenters. The maximum atomic E-state index is 11.3. The monoisotopic (exact) mass is 326 g/mol. The second-order valence-electron chi connectivity index (χ2n) is 6.05. The minimum atomic E-state index is -0.0590. The third-order valence-corrected chi connectivity index (χ3v) is 4.17. The lowest BCUT2D eigenvalue weighted by molar-refractivity contribution is -0.119. The molecule has 2 aromatic rings. The molecule has 0 aliphatic carbocycles. The number of carbonyl (C=O) groups excluding carboxylic acids is 1. The van der Waals surface area contributed by atoms with Crippen LogP contribution >= 0.6 is 0 Å². The highest BCUT2D eigenvalue weighted by Crippen LogP contribution is 2.35. The third kappa shape index (κ3) is 3.50. The second-order valence-corrected chi connectivity index (χ2v) is 6.05. The Labute approximate surface area is 141 Å². The smallest absolute Gasteiger partial charge is 0.217 e. The predicted molar refractivity (Wildman–Crippen MR) is 90.4 cm³/mol. The lowest BCUT2D eigenvalue weighted by Crippen LogP contribution is -2.27. The minimum Gasteiger partial charge on any atom is -0.352 e. The lowest BCUT2D eigenvalue weighted by atomic mass is 10.1. The van der Waals surface area contributed by atoms with E-state index in [0.29, 0.717) is 6.54 Å². The molecular formula is C17H22N6O. The summed E-state index contributed by atoms with van der Waals surface area (Å²) in [7, 11) is 0. The maximum absolute atomic E-state index is 11.3. The SMILES string of the molecule is CC(=O)NCc1cnc(C)nc1C1CCCN1c1ccnc(C)n1. The van der Waals surface area contributed by atoms with Gasteiger partial charge in [-0.25, -0.2) is 19.9 Å². The van der Waals surface area contributed by atoms with Crippen LogP contribution in [0.4, 0.5) is 5.82 Å². The molecule has 1 N–H and O–H groups in total. The highest BCUT2D eigenvalue weighted by Gasteiger charge is 2.30. The zero-order valence-electron chi connectivity index (χ0n) is 14.3. The van der Waals surface area contributed by atoms with Crippen molar-refractivity contribution in [1.82, 2.24) is 25.3 Å². The molecule has 0 saturated carbocycles. The summed E-state index contributed by atoms with van der Waals surface area (Å²) in [6.07, 6.45) is 5.69. The number of aryl methyl sites for hydroxylation is 2. The number of aromatic nitrogens is 4. The van der Waals surface area contributed by atoms with E-state index in [2.05, 4.69) is 30.2 Å². The Balaban J connectivity index is 1.94. The molecule has 3 heterocycles. The minimum absolute atomic E-state index is 0.0590. The number of nitrogens with one attached hydrogen (secondary N) is 1. The van der Waals surface area contributed by atoms with E-state index in [1.54, 1.807) is 6.20 Å². The van der Waals surface area contributed by atoms with Crippen molar-refractivity contribution in [2.24, 2.45) is 0 Å². The highest BCUT2D eigenvalue weighted by atomic mass is 16.1. The lowest BCUT2D eigenvalue weighted by Gasteiger charge is -2.27. The van der Waals surface area contributed by atoms with Gasteiger partial charge in [-0.2, -0.15) is 0 Å². The average molecular weight is 326 g/mol. The first-order valence-corrected chi connectivity index (χ1v) is 8.17. The number of hydrogen-bond acceptors (Lipinski definition) is 6. The average Bonchev–Trinajstić information content (AvgIpc) is 3.03. The fourth-order valence-electron chi connectivity index (χ4n) is 3.09. The number of rotatable bonds is 4. The van der Waals surface area contributed by atoms with Crippen LogP contribution in [-0.4, -0.2) is 32.4 Å².